The van der Waals surface area contributed by atoms with Gasteiger partial charge < -0.3 is 14.8 Å². The van der Waals surface area contributed by atoms with Crippen LogP contribution in [0.3, 0.4) is 0 Å². The first-order valence-electron chi connectivity index (χ1n) is 8.81. The fraction of sp³-hybridized carbons (Fsp3) is 0.368. The van der Waals surface area contributed by atoms with Crippen molar-refractivity contribution in [1.82, 2.24) is 10.2 Å². The van der Waals surface area contributed by atoms with Crippen molar-refractivity contribution in [2.24, 2.45) is 9.98 Å². The summed E-state index contributed by atoms with van der Waals surface area (Å²) in [7, 11) is 0. The second-order valence-electron chi connectivity index (χ2n) is 7.23. The number of urea groups is 1. The third-order valence-electron chi connectivity index (χ3n) is 4.52. The molecule has 3 amide bonds. The Bertz CT molecular complexity index is 969. The highest BCUT2D eigenvalue weighted by Gasteiger charge is 2.46. The molecule has 1 saturated heterocycles. The Morgan fingerprint density at radius 1 is 1.40 bits per heavy atom. The quantitative estimate of drug-likeness (QED) is 0.457. The number of aliphatic imine (C=N–C) groups is 2. The van der Waals surface area contributed by atoms with Crippen LogP contribution in [-0.2, 0) is 16.1 Å². The van der Waals surface area contributed by atoms with Crippen molar-refractivity contribution >= 4 is 24.7 Å². The topological polar surface area (TPSA) is 92.6 Å². The molecule has 3 rings (SSSR count). The van der Waals surface area contributed by atoms with Gasteiger partial charge in [0, 0.05) is 5.70 Å². The zero-order valence-electron chi connectivity index (χ0n) is 16.4. The molecule has 160 valence electrons. The van der Waals surface area contributed by atoms with Gasteiger partial charge in [0.25, 0.3) is 5.91 Å². The van der Waals surface area contributed by atoms with Gasteiger partial charge in [-0.25, -0.2) is 19.7 Å². The van der Waals surface area contributed by atoms with Crippen LogP contribution in [0, 0.1) is 0 Å². The molecular weight excluding hydrogens is 405 g/mol. The van der Waals surface area contributed by atoms with E-state index in [1.165, 1.54) is 31.3 Å². The summed E-state index contributed by atoms with van der Waals surface area (Å²) in [6, 6.07) is 3.26. The summed E-state index contributed by atoms with van der Waals surface area (Å²) in [5, 5.41) is 2.53. The molecular formula is C19H19F3N4O4. The van der Waals surface area contributed by atoms with E-state index < -0.39 is 29.8 Å². The van der Waals surface area contributed by atoms with E-state index in [9.17, 15) is 22.8 Å². The average molecular weight is 424 g/mol. The summed E-state index contributed by atoms with van der Waals surface area (Å²) < 4.78 is 49.5. The highest BCUT2D eigenvalue weighted by Crippen LogP contribution is 2.43. The van der Waals surface area contributed by atoms with Crippen LogP contribution in [0.25, 0.3) is 0 Å². The van der Waals surface area contributed by atoms with E-state index in [0.29, 0.717) is 5.56 Å². The van der Waals surface area contributed by atoms with Crippen LogP contribution in [0.5, 0.6) is 5.75 Å². The number of hydrogen-bond donors (Lipinski definition) is 1. The molecule has 0 aliphatic carbocycles. The van der Waals surface area contributed by atoms with E-state index >= 15 is 0 Å². The molecule has 1 atom stereocenters. The predicted octanol–water partition coefficient (Wildman–Crippen LogP) is 3.45. The van der Waals surface area contributed by atoms with Crippen LogP contribution in [0.2, 0.25) is 0 Å². The van der Waals surface area contributed by atoms with Crippen molar-refractivity contribution in [3.8, 4) is 5.75 Å². The van der Waals surface area contributed by atoms with Crippen molar-refractivity contribution in [3.63, 3.8) is 0 Å². The summed E-state index contributed by atoms with van der Waals surface area (Å²) in [5.74, 6) is -0.399. The van der Waals surface area contributed by atoms with Gasteiger partial charge in [0.1, 0.15) is 11.3 Å². The lowest BCUT2D eigenvalue weighted by Crippen LogP contribution is -2.40. The number of alkyl halides is 3. The first-order valence-corrected chi connectivity index (χ1v) is 8.81. The Morgan fingerprint density at radius 3 is 2.67 bits per heavy atom. The molecule has 0 radical (unpaired) electrons. The van der Waals surface area contributed by atoms with E-state index in [-0.39, 0.29) is 29.6 Å². The maximum Gasteiger partial charge on any atom is 0.418 e. The molecule has 1 N–H and O–H groups in total. The Hall–Kier alpha value is -3.21. The van der Waals surface area contributed by atoms with E-state index in [2.05, 4.69) is 22.0 Å². The van der Waals surface area contributed by atoms with Gasteiger partial charge in [-0.15, -0.1) is 0 Å². The average Bonchev–Trinajstić information content (AvgIpc) is 3.16. The number of carbonyl (C=O) groups is 2. The Labute approximate surface area is 170 Å². The number of halogens is 3. The number of carbonyl (C=O) groups excluding carboxylic acids is 2. The molecule has 2 aliphatic rings. The van der Waals surface area contributed by atoms with Crippen LogP contribution < -0.4 is 10.1 Å². The smallest absolute Gasteiger partial charge is 0.418 e. The van der Waals surface area contributed by atoms with Crippen molar-refractivity contribution in [1.29, 1.82) is 0 Å². The number of ether oxygens (including phenoxy) is 2. The summed E-state index contributed by atoms with van der Waals surface area (Å²) >= 11 is 0. The number of nitrogens with one attached hydrogen (secondary N) is 1. The molecule has 0 spiro atoms. The first kappa shape index (κ1) is 21.5. The van der Waals surface area contributed by atoms with E-state index in [0.717, 1.165) is 4.90 Å². The number of nitrogens with zero attached hydrogens (tertiary/aromatic N) is 3. The Morgan fingerprint density at radius 2 is 2.10 bits per heavy atom. The normalized spacial score (nSPS) is 21.5. The Balaban J connectivity index is 1.80. The van der Waals surface area contributed by atoms with Gasteiger partial charge in [-0.3, -0.25) is 4.79 Å². The lowest BCUT2D eigenvalue weighted by molar-refractivity contribution is -0.219. The molecule has 1 unspecified atom stereocenters. The third-order valence-corrected chi connectivity index (χ3v) is 4.52. The highest BCUT2D eigenvalue weighted by atomic mass is 19.4. The number of rotatable bonds is 3. The van der Waals surface area contributed by atoms with Gasteiger partial charge in [-0.1, -0.05) is 6.07 Å². The minimum absolute atomic E-state index is 0.0447. The summed E-state index contributed by atoms with van der Waals surface area (Å²) in [6.07, 6.45) is -5.40. The molecule has 0 bridgehead atoms. The second kappa shape index (κ2) is 7.56. The SMILES string of the molecule is C=NC(=N/C=C(\C)N1C(=O)NC(C)(C)C1=O)Oc1ccc2c(c1)C(C(F)(F)F)OC2. The second-order valence-corrected chi connectivity index (χ2v) is 7.23. The molecule has 1 aromatic rings. The fourth-order valence-electron chi connectivity index (χ4n) is 3.03. The molecule has 2 aliphatic heterocycles. The molecule has 1 aromatic carbocycles. The molecule has 30 heavy (non-hydrogen) atoms. The van der Waals surface area contributed by atoms with Crippen LogP contribution in [0.1, 0.15) is 38.0 Å². The van der Waals surface area contributed by atoms with Crippen LogP contribution in [-0.4, -0.2) is 41.3 Å². The van der Waals surface area contributed by atoms with Crippen molar-refractivity contribution in [2.75, 3.05) is 0 Å². The molecule has 1 fully saturated rings. The fourth-order valence-corrected chi connectivity index (χ4v) is 3.03. The molecule has 8 nitrogen and oxygen atoms in total. The monoisotopic (exact) mass is 424 g/mol. The lowest BCUT2D eigenvalue weighted by atomic mass is 10.0. The van der Waals surface area contributed by atoms with Gasteiger partial charge in [0.2, 0.25) is 0 Å². The van der Waals surface area contributed by atoms with Crippen LogP contribution in [0.15, 0.2) is 40.1 Å². The highest BCUT2D eigenvalue weighted by molar-refractivity contribution is 6.08. The van der Waals surface area contributed by atoms with Crippen molar-refractivity contribution < 1.29 is 32.2 Å². The number of allylic oxidation sites excluding steroid dienone is 1. The van der Waals surface area contributed by atoms with E-state index in [1.807, 2.05) is 0 Å². The third kappa shape index (κ3) is 4.06. The number of imide groups is 1. The van der Waals surface area contributed by atoms with Crippen molar-refractivity contribution in [3.05, 3.63) is 41.2 Å². The summed E-state index contributed by atoms with van der Waals surface area (Å²) in [5.41, 5.74) is -0.483. The molecule has 0 saturated carbocycles. The van der Waals surface area contributed by atoms with Gasteiger partial charge in [-0.05, 0) is 50.7 Å². The number of amidine groups is 1. The van der Waals surface area contributed by atoms with Crippen molar-refractivity contribution in [2.45, 2.75) is 45.2 Å². The molecule has 0 aromatic heterocycles. The van der Waals surface area contributed by atoms with E-state index in [4.69, 9.17) is 9.47 Å². The predicted molar refractivity (Wildman–Crippen MR) is 101 cm³/mol. The maximum absolute atomic E-state index is 13.1. The largest absolute Gasteiger partial charge is 0.424 e. The van der Waals surface area contributed by atoms with Crippen LogP contribution >= 0.6 is 0 Å². The van der Waals surface area contributed by atoms with E-state index in [1.54, 1.807) is 13.8 Å². The van der Waals surface area contributed by atoms with Crippen LogP contribution in [0.4, 0.5) is 18.0 Å². The lowest BCUT2D eigenvalue weighted by Gasteiger charge is -2.16. The van der Waals surface area contributed by atoms with Gasteiger partial charge in [0.15, 0.2) is 6.10 Å². The maximum atomic E-state index is 13.1. The summed E-state index contributed by atoms with van der Waals surface area (Å²) in [6.45, 7) is 7.78. The standard InChI is InChI=1S/C19H19F3N4O4/c1-10(26-15(27)18(2,3)25-17(26)28)8-24-16(23-4)30-12-6-5-11-9-29-14(13(11)7-12)19(20,21)22/h5-8,14H,4,9H2,1-3H3,(H,25,28)/b10-8+,24-16?. The number of amides is 3. The number of benzene rings is 1. The van der Waals surface area contributed by atoms with Gasteiger partial charge in [0.05, 0.1) is 12.8 Å². The zero-order valence-corrected chi connectivity index (χ0v) is 16.4. The first-order chi connectivity index (χ1) is 13.9. The Kier molecular flexibility index (Phi) is 5.42. The minimum atomic E-state index is -4.55. The minimum Gasteiger partial charge on any atom is -0.424 e. The molecule has 11 heteroatoms. The molecule has 2 heterocycles. The number of hydrogen-bond acceptors (Lipinski definition) is 5. The number of fused-ring (bicyclic) bond motifs is 1. The van der Waals surface area contributed by atoms with Gasteiger partial charge >= 0.3 is 18.2 Å². The van der Waals surface area contributed by atoms with Gasteiger partial charge in [-0.2, -0.15) is 13.2 Å². The summed E-state index contributed by atoms with van der Waals surface area (Å²) in [4.78, 5) is 32.7. The zero-order chi connectivity index (χ0) is 22.3.